The molecule has 0 saturated carbocycles. The van der Waals surface area contributed by atoms with E-state index >= 15 is 0 Å². The summed E-state index contributed by atoms with van der Waals surface area (Å²) < 4.78 is 0. The van der Waals surface area contributed by atoms with Crippen LogP contribution < -0.4 is 34.7 Å². The van der Waals surface area contributed by atoms with E-state index in [0.717, 1.165) is 0 Å². The maximum Gasteiger partial charge on any atom is 1.00 e. The van der Waals surface area contributed by atoms with Crippen LogP contribution in [0, 0.1) is 0 Å². The molecule has 72 valence electrons. The van der Waals surface area contributed by atoms with Crippen molar-refractivity contribution in [1.82, 2.24) is 0 Å². The minimum absolute atomic E-state index is 0. The number of carbonyl (C=O) groups is 1. The van der Waals surface area contributed by atoms with Gasteiger partial charge in [-0.25, -0.2) is 0 Å². The number of rotatable bonds is 1. The maximum atomic E-state index is 10.4. The number of carboxylic acids is 1. The molecule has 1 rings (SSSR count). The predicted molar refractivity (Wildman–Crippen MR) is 48.8 cm³/mol. The van der Waals surface area contributed by atoms with Crippen molar-refractivity contribution in [3.8, 4) is 5.75 Å². The van der Waals surface area contributed by atoms with Gasteiger partial charge < -0.3 is 10.2 Å². The molecule has 0 aromatic heterocycles. The van der Waals surface area contributed by atoms with E-state index in [0.29, 0.717) is 5.02 Å². The third-order valence-corrected chi connectivity index (χ3v) is 1.37. The Morgan fingerprint density at radius 3 is 2.00 bits per heavy atom. The third kappa shape index (κ3) is 9.86. The van der Waals surface area contributed by atoms with Crippen LogP contribution >= 0.6 is 11.6 Å². The van der Waals surface area contributed by atoms with Gasteiger partial charge in [-0.1, -0.05) is 30.7 Å². The van der Waals surface area contributed by atoms with Gasteiger partial charge in [0.05, 0.1) is 0 Å². The molecule has 3 nitrogen and oxygen atoms in total. The summed E-state index contributed by atoms with van der Waals surface area (Å²) in [6.45, 7) is 1.60. The van der Waals surface area contributed by atoms with E-state index in [1.807, 2.05) is 0 Å². The summed E-state index contributed by atoms with van der Waals surface area (Å²) in [5.74, 6) is -0.751. The third-order valence-electron chi connectivity index (χ3n) is 1.12. The molecule has 0 unspecified atom stereocenters. The molecule has 0 radical (unpaired) electrons. The van der Waals surface area contributed by atoms with E-state index in [9.17, 15) is 9.90 Å². The molecule has 0 aliphatic heterocycles. The number of carboxylic acid groups (broad SMARTS) is 1. The van der Waals surface area contributed by atoms with Gasteiger partial charge in [-0.2, -0.15) is 0 Å². The normalized spacial score (nSPS) is 7.86. The van der Waals surface area contributed by atoms with Crippen molar-refractivity contribution in [2.75, 3.05) is 0 Å². The molecule has 0 spiro atoms. The molecule has 1 aromatic carbocycles. The van der Waals surface area contributed by atoms with Gasteiger partial charge >= 0.3 is 35.5 Å². The first kappa shape index (κ1) is 16.2. The fourth-order valence-corrected chi connectivity index (χ4v) is 0.561. The molecule has 0 bridgehead atoms. The summed E-state index contributed by atoms with van der Waals surface area (Å²) in [5, 5.41) is 18.7. The number of benzene rings is 1. The fraction of sp³-hybridized carbons (Fsp3) is 0.222. The van der Waals surface area contributed by atoms with Crippen LogP contribution in [0.4, 0.5) is 0 Å². The fourth-order valence-electron chi connectivity index (χ4n) is 0.435. The molecule has 0 fully saturated rings. The first-order chi connectivity index (χ1) is 6.06. The standard InChI is InChI=1S/C6H5ClO.C3H6O2.Na/c7-5-1-3-6(8)4-2-5;1-2-3(4)5;/h1-4,8H;2H2,1H3,(H,4,5);/q;;+1/p-1. The average molecular weight is 225 g/mol. The van der Waals surface area contributed by atoms with E-state index in [1.54, 1.807) is 19.1 Å². The van der Waals surface area contributed by atoms with Gasteiger partial charge in [0.1, 0.15) is 0 Å². The smallest absolute Gasteiger partial charge is 0.872 e. The van der Waals surface area contributed by atoms with Crippen molar-refractivity contribution in [1.29, 1.82) is 0 Å². The Labute approximate surface area is 110 Å². The molecule has 0 heterocycles. The Kier molecular flexibility index (Phi) is 10.8. The summed E-state index contributed by atoms with van der Waals surface area (Å²) in [7, 11) is 0. The maximum absolute atomic E-state index is 10.4. The second-order valence-electron chi connectivity index (χ2n) is 2.20. The van der Waals surface area contributed by atoms with E-state index in [-0.39, 0.29) is 41.7 Å². The minimum atomic E-state index is -0.745. The zero-order valence-corrected chi connectivity index (χ0v) is 10.9. The average Bonchev–Trinajstić information content (AvgIpc) is 2.11. The van der Waals surface area contributed by atoms with Gasteiger partial charge in [0, 0.05) is 11.4 Å². The topological polar surface area (TPSA) is 60.4 Å². The van der Waals surface area contributed by atoms with Crippen molar-refractivity contribution in [2.45, 2.75) is 13.3 Å². The van der Waals surface area contributed by atoms with E-state index in [4.69, 9.17) is 16.7 Å². The van der Waals surface area contributed by atoms with Gasteiger partial charge in [0.25, 0.3) is 0 Å². The van der Waals surface area contributed by atoms with Gasteiger partial charge in [0.2, 0.25) is 0 Å². The molecular weight excluding hydrogens is 215 g/mol. The monoisotopic (exact) mass is 224 g/mol. The van der Waals surface area contributed by atoms with Crippen LogP contribution in [0.3, 0.4) is 0 Å². The second kappa shape index (κ2) is 9.34. The van der Waals surface area contributed by atoms with Crippen LogP contribution in [0.25, 0.3) is 0 Å². The van der Waals surface area contributed by atoms with Gasteiger partial charge in [-0.15, -0.1) is 5.75 Å². The molecule has 0 saturated heterocycles. The molecule has 0 aliphatic carbocycles. The number of aliphatic carboxylic acids is 1. The van der Waals surface area contributed by atoms with Crippen molar-refractivity contribution < 1.29 is 44.6 Å². The van der Waals surface area contributed by atoms with Crippen LogP contribution in [0.1, 0.15) is 13.3 Å². The Morgan fingerprint density at radius 1 is 1.43 bits per heavy atom. The van der Waals surface area contributed by atoms with Crippen LogP contribution in [0.15, 0.2) is 24.3 Å². The van der Waals surface area contributed by atoms with Crippen LogP contribution in [-0.4, -0.2) is 11.1 Å². The van der Waals surface area contributed by atoms with Crippen LogP contribution in [-0.2, 0) is 4.79 Å². The van der Waals surface area contributed by atoms with Gasteiger partial charge in [-0.3, -0.25) is 4.79 Å². The summed E-state index contributed by atoms with van der Waals surface area (Å²) in [6.07, 6.45) is 0.222. The van der Waals surface area contributed by atoms with Gasteiger partial charge in [-0.05, 0) is 12.1 Å². The number of hydrogen-bond donors (Lipinski definition) is 1. The molecule has 1 aromatic rings. The molecule has 14 heavy (non-hydrogen) atoms. The summed E-state index contributed by atoms with van der Waals surface area (Å²) in [6, 6.07) is 6.01. The Hall–Kier alpha value is -0.220. The summed E-state index contributed by atoms with van der Waals surface area (Å²) in [5.41, 5.74) is 0. The quantitative estimate of drug-likeness (QED) is 0.616. The van der Waals surface area contributed by atoms with Crippen molar-refractivity contribution >= 4 is 17.6 Å². The predicted octanol–water partition coefficient (Wildman–Crippen LogP) is -1.10. The summed E-state index contributed by atoms with van der Waals surface area (Å²) >= 11 is 5.47. The largest absolute Gasteiger partial charge is 1.00 e. The van der Waals surface area contributed by atoms with Crippen LogP contribution in [0.5, 0.6) is 5.75 Å². The molecule has 0 amide bonds. The molecule has 0 atom stereocenters. The zero-order valence-electron chi connectivity index (χ0n) is 8.16. The van der Waals surface area contributed by atoms with Gasteiger partial charge in [0.15, 0.2) is 0 Å². The number of hydrogen-bond acceptors (Lipinski definition) is 2. The van der Waals surface area contributed by atoms with Crippen molar-refractivity contribution in [2.24, 2.45) is 0 Å². The minimum Gasteiger partial charge on any atom is -0.872 e. The zero-order chi connectivity index (χ0) is 10.3. The molecule has 1 N–H and O–H groups in total. The Morgan fingerprint density at radius 2 is 1.79 bits per heavy atom. The second-order valence-corrected chi connectivity index (χ2v) is 2.64. The molecule has 0 aliphatic rings. The van der Waals surface area contributed by atoms with Crippen molar-refractivity contribution in [3.63, 3.8) is 0 Å². The van der Waals surface area contributed by atoms with E-state index in [1.165, 1.54) is 12.1 Å². The Bertz CT molecular complexity index is 240. The van der Waals surface area contributed by atoms with Crippen molar-refractivity contribution in [3.05, 3.63) is 29.3 Å². The van der Waals surface area contributed by atoms with E-state index in [2.05, 4.69) is 0 Å². The molecule has 5 heteroatoms. The first-order valence-corrected chi connectivity index (χ1v) is 4.08. The van der Waals surface area contributed by atoms with Crippen LogP contribution in [0.2, 0.25) is 5.02 Å². The summed E-state index contributed by atoms with van der Waals surface area (Å²) in [4.78, 5) is 9.37. The SMILES string of the molecule is CCC(=O)O.[Na+].[O-]c1ccc(Cl)cc1. The first-order valence-electron chi connectivity index (χ1n) is 3.70. The van der Waals surface area contributed by atoms with E-state index < -0.39 is 5.97 Å². The Balaban J connectivity index is 0. The number of halogens is 1. The molecular formula is C9H10ClNaO3.